The molecular weight excluding hydrogens is 430 g/mol. The summed E-state index contributed by atoms with van der Waals surface area (Å²) in [5, 5.41) is 0.603. The molecule has 1 amide bonds. The number of benzene rings is 1. The summed E-state index contributed by atoms with van der Waals surface area (Å²) in [6, 6.07) is 8.04. The summed E-state index contributed by atoms with van der Waals surface area (Å²) < 4.78 is 24.5. The fourth-order valence-electron chi connectivity index (χ4n) is 5.07. The number of aliphatic imine (C=N–C) groups is 1. The maximum Gasteiger partial charge on any atom is 0.248 e. The van der Waals surface area contributed by atoms with Crippen LogP contribution in [0.3, 0.4) is 0 Å². The lowest BCUT2D eigenvalue weighted by molar-refractivity contribution is -0.118. The number of hydrogen-bond donors (Lipinski definition) is 0. The molecule has 0 spiro atoms. The molecule has 4 rings (SSSR count). The van der Waals surface area contributed by atoms with E-state index in [0.29, 0.717) is 17.5 Å². The summed E-state index contributed by atoms with van der Waals surface area (Å²) in [5.74, 6) is 0.860. The van der Waals surface area contributed by atoms with Gasteiger partial charge in [-0.3, -0.25) is 4.79 Å². The lowest BCUT2D eigenvalue weighted by atomic mass is 10.0. The molecule has 2 atom stereocenters. The summed E-state index contributed by atoms with van der Waals surface area (Å²) >= 11 is 1.46. The molecule has 1 aliphatic carbocycles. The molecule has 1 aromatic carbocycles. The van der Waals surface area contributed by atoms with Gasteiger partial charge in [0.05, 0.1) is 17.5 Å². The van der Waals surface area contributed by atoms with Crippen molar-refractivity contribution in [1.29, 1.82) is 0 Å². The normalized spacial score (nSPS) is 26.5. The SMILES string of the molecule is CCN(CC)c1ccc(N2C(=NC(=O)CCC3CCCC3)SC3CS(=O)(=O)CC32)cc1. The second kappa shape index (κ2) is 9.53. The van der Waals surface area contributed by atoms with Crippen LogP contribution < -0.4 is 9.80 Å². The second-order valence-corrected chi connectivity index (χ2v) is 12.2. The largest absolute Gasteiger partial charge is 0.372 e. The number of carbonyl (C=O) groups is 1. The number of amides is 1. The molecule has 2 aliphatic heterocycles. The zero-order valence-electron chi connectivity index (χ0n) is 18.5. The van der Waals surface area contributed by atoms with E-state index in [1.54, 1.807) is 0 Å². The van der Waals surface area contributed by atoms with Gasteiger partial charge >= 0.3 is 0 Å². The third-order valence-corrected chi connectivity index (χ3v) is 9.99. The molecule has 0 bridgehead atoms. The van der Waals surface area contributed by atoms with Crippen molar-refractivity contribution in [3.05, 3.63) is 24.3 Å². The Hall–Kier alpha value is -1.54. The lowest BCUT2D eigenvalue weighted by Gasteiger charge is -2.26. The van der Waals surface area contributed by atoms with Gasteiger partial charge in [0, 0.05) is 36.1 Å². The summed E-state index contributed by atoms with van der Waals surface area (Å²) in [6.45, 7) is 6.12. The highest BCUT2D eigenvalue weighted by Crippen LogP contribution is 2.41. The van der Waals surface area contributed by atoms with Gasteiger partial charge in [0.2, 0.25) is 5.91 Å². The summed E-state index contributed by atoms with van der Waals surface area (Å²) in [7, 11) is -3.06. The zero-order chi connectivity index (χ0) is 22.0. The highest BCUT2D eigenvalue weighted by atomic mass is 32.2. The molecule has 3 aliphatic rings. The van der Waals surface area contributed by atoms with Crippen LogP contribution in [0.25, 0.3) is 0 Å². The zero-order valence-corrected chi connectivity index (χ0v) is 20.1. The van der Waals surface area contributed by atoms with Crippen molar-refractivity contribution in [2.24, 2.45) is 10.9 Å². The Kier molecular flexibility index (Phi) is 6.96. The smallest absolute Gasteiger partial charge is 0.248 e. The first-order chi connectivity index (χ1) is 14.9. The first-order valence-corrected chi connectivity index (χ1v) is 14.2. The fraction of sp³-hybridized carbons (Fsp3) is 0.652. The van der Waals surface area contributed by atoms with Gasteiger partial charge in [-0.15, -0.1) is 0 Å². The Morgan fingerprint density at radius 3 is 2.45 bits per heavy atom. The molecule has 2 heterocycles. The third kappa shape index (κ3) is 5.11. The third-order valence-electron chi connectivity index (χ3n) is 6.78. The molecule has 2 unspecified atom stereocenters. The van der Waals surface area contributed by atoms with Crippen LogP contribution in [0.1, 0.15) is 52.4 Å². The molecule has 1 saturated carbocycles. The van der Waals surface area contributed by atoms with E-state index in [2.05, 4.69) is 35.9 Å². The summed E-state index contributed by atoms with van der Waals surface area (Å²) in [6.07, 6.45) is 6.41. The number of thioether (sulfide) groups is 1. The van der Waals surface area contributed by atoms with E-state index in [1.165, 1.54) is 37.4 Å². The van der Waals surface area contributed by atoms with Crippen LogP contribution in [-0.4, -0.2) is 55.4 Å². The van der Waals surface area contributed by atoms with E-state index in [9.17, 15) is 13.2 Å². The van der Waals surface area contributed by atoms with Gasteiger partial charge in [0.1, 0.15) is 0 Å². The van der Waals surface area contributed by atoms with E-state index in [0.717, 1.165) is 30.9 Å². The van der Waals surface area contributed by atoms with Gasteiger partial charge in [-0.25, -0.2) is 8.42 Å². The average Bonchev–Trinajstić information content (AvgIpc) is 3.43. The van der Waals surface area contributed by atoms with Crippen molar-refractivity contribution >= 4 is 44.0 Å². The molecule has 0 N–H and O–H groups in total. The molecule has 0 aromatic heterocycles. The van der Waals surface area contributed by atoms with Gasteiger partial charge in [-0.2, -0.15) is 4.99 Å². The fourth-order valence-corrected chi connectivity index (χ4v) is 9.00. The predicted octanol–water partition coefficient (Wildman–Crippen LogP) is 4.10. The van der Waals surface area contributed by atoms with E-state index < -0.39 is 9.84 Å². The number of nitrogens with zero attached hydrogens (tertiary/aromatic N) is 3. The van der Waals surface area contributed by atoms with Gasteiger partial charge < -0.3 is 9.80 Å². The van der Waals surface area contributed by atoms with Crippen LogP contribution in [0.4, 0.5) is 11.4 Å². The van der Waals surface area contributed by atoms with Gasteiger partial charge in [0.15, 0.2) is 15.0 Å². The van der Waals surface area contributed by atoms with E-state index >= 15 is 0 Å². The van der Waals surface area contributed by atoms with E-state index in [-0.39, 0.29) is 28.7 Å². The van der Waals surface area contributed by atoms with Crippen molar-refractivity contribution in [1.82, 2.24) is 0 Å². The first kappa shape index (κ1) is 22.6. The Balaban J connectivity index is 1.55. The number of rotatable bonds is 7. The topological polar surface area (TPSA) is 70.0 Å². The number of anilines is 2. The molecule has 170 valence electrons. The van der Waals surface area contributed by atoms with E-state index in [1.807, 2.05) is 17.0 Å². The van der Waals surface area contributed by atoms with Crippen LogP contribution in [0.2, 0.25) is 0 Å². The lowest BCUT2D eigenvalue weighted by Crippen LogP contribution is -2.37. The van der Waals surface area contributed by atoms with Gasteiger partial charge in [-0.05, 0) is 50.5 Å². The van der Waals surface area contributed by atoms with Crippen LogP contribution in [-0.2, 0) is 14.6 Å². The number of carbonyl (C=O) groups excluding carboxylic acids is 1. The van der Waals surface area contributed by atoms with E-state index in [4.69, 9.17) is 0 Å². The van der Waals surface area contributed by atoms with Crippen LogP contribution in [0.15, 0.2) is 29.3 Å². The summed E-state index contributed by atoms with van der Waals surface area (Å²) in [4.78, 5) is 21.4. The maximum absolute atomic E-state index is 12.6. The molecule has 2 saturated heterocycles. The van der Waals surface area contributed by atoms with Crippen molar-refractivity contribution in [3.63, 3.8) is 0 Å². The molecule has 1 aromatic rings. The van der Waals surface area contributed by atoms with Crippen molar-refractivity contribution < 1.29 is 13.2 Å². The molecule has 0 radical (unpaired) electrons. The monoisotopic (exact) mass is 463 g/mol. The average molecular weight is 464 g/mol. The second-order valence-electron chi connectivity index (χ2n) is 8.84. The van der Waals surface area contributed by atoms with Crippen LogP contribution in [0.5, 0.6) is 0 Å². The summed E-state index contributed by atoms with van der Waals surface area (Å²) in [5.41, 5.74) is 2.05. The number of sulfone groups is 1. The maximum atomic E-state index is 12.6. The molecule has 3 fully saturated rings. The minimum absolute atomic E-state index is 0.0613. The van der Waals surface area contributed by atoms with Crippen LogP contribution in [0, 0.1) is 5.92 Å². The highest BCUT2D eigenvalue weighted by Gasteiger charge is 2.49. The minimum atomic E-state index is -3.06. The number of fused-ring (bicyclic) bond motifs is 1. The van der Waals surface area contributed by atoms with Gasteiger partial charge in [-0.1, -0.05) is 37.4 Å². The predicted molar refractivity (Wildman–Crippen MR) is 130 cm³/mol. The Labute approximate surface area is 190 Å². The highest BCUT2D eigenvalue weighted by molar-refractivity contribution is 8.16. The Bertz CT molecular complexity index is 920. The standard InChI is InChI=1S/C23H33N3O3S2/c1-3-25(4-2)18-10-12-19(13-11-18)26-20-15-31(28,29)16-21(20)30-23(26)24-22(27)14-9-17-7-5-6-8-17/h10-13,17,20-21H,3-9,14-16H2,1-2H3. The quantitative estimate of drug-likeness (QED) is 0.606. The first-order valence-electron chi connectivity index (χ1n) is 11.5. The van der Waals surface area contributed by atoms with Crippen molar-refractivity contribution in [3.8, 4) is 0 Å². The molecule has 31 heavy (non-hydrogen) atoms. The Morgan fingerprint density at radius 1 is 1.13 bits per heavy atom. The van der Waals surface area contributed by atoms with Crippen LogP contribution >= 0.6 is 11.8 Å². The van der Waals surface area contributed by atoms with Gasteiger partial charge in [0.25, 0.3) is 0 Å². The minimum Gasteiger partial charge on any atom is -0.372 e. The molecule has 8 heteroatoms. The number of amidine groups is 1. The van der Waals surface area contributed by atoms with Crippen molar-refractivity contribution in [2.45, 2.75) is 63.7 Å². The Morgan fingerprint density at radius 2 is 1.81 bits per heavy atom. The molecule has 6 nitrogen and oxygen atoms in total. The van der Waals surface area contributed by atoms with Crippen molar-refractivity contribution in [2.75, 3.05) is 34.4 Å². The number of hydrogen-bond acceptors (Lipinski definition) is 5. The molecular formula is C23H33N3O3S2.